The van der Waals surface area contributed by atoms with E-state index in [1.165, 1.54) is 5.56 Å². The van der Waals surface area contributed by atoms with Gasteiger partial charge in [-0.3, -0.25) is 0 Å². The van der Waals surface area contributed by atoms with Gasteiger partial charge in [0.15, 0.2) is 6.29 Å². The Balaban J connectivity index is 2.36. The fourth-order valence-corrected chi connectivity index (χ4v) is 1.94. The number of ether oxygens (including phenoxy) is 2. The van der Waals surface area contributed by atoms with E-state index in [0.29, 0.717) is 18.2 Å². The van der Waals surface area contributed by atoms with Gasteiger partial charge in [-0.05, 0) is 23.1 Å². The van der Waals surface area contributed by atoms with Gasteiger partial charge in [0, 0.05) is 10.6 Å². The van der Waals surface area contributed by atoms with Gasteiger partial charge in [-0.25, -0.2) is 0 Å². The van der Waals surface area contributed by atoms with Crippen molar-refractivity contribution in [3.63, 3.8) is 0 Å². The third kappa shape index (κ3) is 2.40. The molecule has 0 N–H and O–H groups in total. The molecule has 1 aliphatic rings. The largest absolute Gasteiger partial charge is 0.346 e. The second-order valence-electron chi connectivity index (χ2n) is 5.06. The molecule has 1 aliphatic heterocycles. The SMILES string of the molecule is CC(C)(C)c1ccc(Cl)c(C2OCCO2)c1. The molecule has 0 spiro atoms. The Kier molecular flexibility index (Phi) is 3.24. The Bertz CT molecular complexity index is 376. The molecular formula is C13H17ClO2. The normalized spacial score (nSPS) is 18.0. The van der Waals surface area contributed by atoms with E-state index in [1.807, 2.05) is 6.07 Å². The molecule has 0 aliphatic carbocycles. The smallest absolute Gasteiger partial charge is 0.185 e. The van der Waals surface area contributed by atoms with Crippen LogP contribution in [0.3, 0.4) is 0 Å². The van der Waals surface area contributed by atoms with Crippen molar-refractivity contribution >= 4 is 11.6 Å². The predicted molar refractivity (Wildman–Crippen MR) is 64.8 cm³/mol. The summed E-state index contributed by atoms with van der Waals surface area (Å²) < 4.78 is 11.0. The fourth-order valence-electron chi connectivity index (χ4n) is 1.73. The van der Waals surface area contributed by atoms with E-state index in [4.69, 9.17) is 21.1 Å². The summed E-state index contributed by atoms with van der Waals surface area (Å²) in [6, 6.07) is 6.06. The van der Waals surface area contributed by atoms with Crippen molar-refractivity contribution in [2.24, 2.45) is 0 Å². The number of benzene rings is 1. The Morgan fingerprint density at radius 2 is 1.81 bits per heavy atom. The predicted octanol–water partition coefficient (Wildman–Crippen LogP) is 3.68. The van der Waals surface area contributed by atoms with Crippen LogP contribution in [-0.4, -0.2) is 13.2 Å². The molecule has 1 fully saturated rings. The molecule has 0 unspecified atom stereocenters. The molecule has 2 nitrogen and oxygen atoms in total. The molecule has 1 aromatic rings. The van der Waals surface area contributed by atoms with Crippen molar-refractivity contribution in [3.05, 3.63) is 34.3 Å². The molecule has 1 saturated heterocycles. The summed E-state index contributed by atoms with van der Waals surface area (Å²) in [6.07, 6.45) is -0.296. The zero-order valence-corrected chi connectivity index (χ0v) is 10.7. The van der Waals surface area contributed by atoms with Gasteiger partial charge >= 0.3 is 0 Å². The minimum absolute atomic E-state index is 0.109. The van der Waals surface area contributed by atoms with Crippen molar-refractivity contribution in [1.29, 1.82) is 0 Å². The van der Waals surface area contributed by atoms with Gasteiger partial charge in [-0.1, -0.05) is 38.4 Å². The van der Waals surface area contributed by atoms with E-state index < -0.39 is 0 Å². The van der Waals surface area contributed by atoms with Gasteiger partial charge in [0.25, 0.3) is 0 Å². The molecule has 16 heavy (non-hydrogen) atoms. The monoisotopic (exact) mass is 240 g/mol. The third-order valence-electron chi connectivity index (χ3n) is 2.74. The van der Waals surface area contributed by atoms with E-state index in [-0.39, 0.29) is 11.7 Å². The Morgan fingerprint density at radius 1 is 1.19 bits per heavy atom. The molecule has 0 saturated carbocycles. The van der Waals surface area contributed by atoms with Crippen LogP contribution in [0.5, 0.6) is 0 Å². The van der Waals surface area contributed by atoms with Gasteiger partial charge in [-0.2, -0.15) is 0 Å². The second kappa shape index (κ2) is 4.36. The maximum Gasteiger partial charge on any atom is 0.185 e. The molecule has 0 bridgehead atoms. The quantitative estimate of drug-likeness (QED) is 0.746. The van der Waals surface area contributed by atoms with Crippen LogP contribution in [0, 0.1) is 0 Å². The lowest BCUT2D eigenvalue weighted by atomic mass is 9.86. The molecule has 0 radical (unpaired) electrons. The van der Waals surface area contributed by atoms with Crippen LogP contribution < -0.4 is 0 Å². The number of rotatable bonds is 1. The average Bonchev–Trinajstić information content (AvgIpc) is 2.69. The van der Waals surface area contributed by atoms with E-state index >= 15 is 0 Å². The van der Waals surface area contributed by atoms with Crippen LogP contribution in [0.4, 0.5) is 0 Å². The van der Waals surface area contributed by atoms with E-state index in [2.05, 4.69) is 32.9 Å². The van der Waals surface area contributed by atoms with Crippen molar-refractivity contribution < 1.29 is 9.47 Å². The lowest BCUT2D eigenvalue weighted by molar-refractivity contribution is -0.0441. The molecule has 2 rings (SSSR count). The van der Waals surface area contributed by atoms with E-state index in [1.54, 1.807) is 0 Å². The molecule has 0 amide bonds. The molecule has 1 heterocycles. The first kappa shape index (κ1) is 11.9. The minimum atomic E-state index is -0.296. The van der Waals surface area contributed by atoms with Crippen molar-refractivity contribution in [1.82, 2.24) is 0 Å². The lowest BCUT2D eigenvalue weighted by Gasteiger charge is -2.21. The average molecular weight is 241 g/mol. The van der Waals surface area contributed by atoms with Gasteiger partial charge < -0.3 is 9.47 Å². The summed E-state index contributed by atoms with van der Waals surface area (Å²) >= 11 is 6.17. The molecular weight excluding hydrogens is 224 g/mol. The molecule has 3 heteroatoms. The van der Waals surface area contributed by atoms with Crippen LogP contribution >= 0.6 is 11.6 Å². The molecule has 1 aromatic carbocycles. The van der Waals surface area contributed by atoms with Crippen LogP contribution in [0.15, 0.2) is 18.2 Å². The third-order valence-corrected chi connectivity index (χ3v) is 3.08. The highest BCUT2D eigenvalue weighted by molar-refractivity contribution is 6.31. The summed E-state index contributed by atoms with van der Waals surface area (Å²) in [5, 5.41) is 0.708. The Hall–Kier alpha value is -0.570. The topological polar surface area (TPSA) is 18.5 Å². The summed E-state index contributed by atoms with van der Waals surface area (Å²) in [4.78, 5) is 0. The second-order valence-corrected chi connectivity index (χ2v) is 5.47. The highest BCUT2D eigenvalue weighted by Crippen LogP contribution is 2.33. The Morgan fingerprint density at radius 3 is 2.38 bits per heavy atom. The highest BCUT2D eigenvalue weighted by atomic mass is 35.5. The fraction of sp³-hybridized carbons (Fsp3) is 0.538. The summed E-state index contributed by atoms with van der Waals surface area (Å²) in [5.41, 5.74) is 2.29. The number of hydrogen-bond acceptors (Lipinski definition) is 2. The Labute approximate surface area is 102 Å². The first-order valence-corrected chi connectivity index (χ1v) is 5.89. The summed E-state index contributed by atoms with van der Waals surface area (Å²) in [7, 11) is 0. The summed E-state index contributed by atoms with van der Waals surface area (Å²) in [5.74, 6) is 0. The number of hydrogen-bond donors (Lipinski definition) is 0. The van der Waals surface area contributed by atoms with Gasteiger partial charge in [-0.15, -0.1) is 0 Å². The van der Waals surface area contributed by atoms with Crippen molar-refractivity contribution in [2.45, 2.75) is 32.5 Å². The molecule has 0 atom stereocenters. The first-order valence-electron chi connectivity index (χ1n) is 5.51. The van der Waals surface area contributed by atoms with Crippen LogP contribution in [-0.2, 0) is 14.9 Å². The first-order chi connectivity index (χ1) is 7.48. The van der Waals surface area contributed by atoms with E-state index in [0.717, 1.165) is 5.56 Å². The van der Waals surface area contributed by atoms with Crippen LogP contribution in [0.1, 0.15) is 38.2 Å². The lowest BCUT2D eigenvalue weighted by Crippen LogP contribution is -2.12. The van der Waals surface area contributed by atoms with Crippen LogP contribution in [0.2, 0.25) is 5.02 Å². The zero-order chi connectivity index (χ0) is 11.8. The molecule has 0 aromatic heterocycles. The van der Waals surface area contributed by atoms with Crippen LogP contribution in [0.25, 0.3) is 0 Å². The maximum atomic E-state index is 6.17. The minimum Gasteiger partial charge on any atom is -0.346 e. The number of halogens is 1. The summed E-state index contributed by atoms with van der Waals surface area (Å²) in [6.45, 7) is 7.81. The van der Waals surface area contributed by atoms with Crippen molar-refractivity contribution in [2.75, 3.05) is 13.2 Å². The standard InChI is InChI=1S/C13H17ClO2/c1-13(2,3)9-4-5-11(14)10(8-9)12-15-6-7-16-12/h4-5,8,12H,6-7H2,1-3H3. The van der Waals surface area contributed by atoms with Crippen molar-refractivity contribution in [3.8, 4) is 0 Å². The highest BCUT2D eigenvalue weighted by Gasteiger charge is 2.23. The molecule has 88 valence electrons. The van der Waals surface area contributed by atoms with Gasteiger partial charge in [0.2, 0.25) is 0 Å². The van der Waals surface area contributed by atoms with E-state index in [9.17, 15) is 0 Å². The van der Waals surface area contributed by atoms with Gasteiger partial charge in [0.05, 0.1) is 13.2 Å². The maximum absolute atomic E-state index is 6.17. The zero-order valence-electron chi connectivity index (χ0n) is 9.92. The van der Waals surface area contributed by atoms with Gasteiger partial charge in [0.1, 0.15) is 0 Å².